The van der Waals surface area contributed by atoms with Gasteiger partial charge in [0, 0.05) is 9.77 Å². The van der Waals surface area contributed by atoms with E-state index in [1.54, 1.807) is 40.4 Å². The van der Waals surface area contributed by atoms with Crippen LogP contribution in [0.15, 0.2) is 36.4 Å². The van der Waals surface area contributed by atoms with Crippen molar-refractivity contribution < 1.29 is 14.0 Å². The van der Waals surface area contributed by atoms with Gasteiger partial charge in [-0.25, -0.2) is 14.9 Å². The molecule has 1 aliphatic heterocycles. The van der Waals surface area contributed by atoms with Crippen LogP contribution < -0.4 is 10.9 Å². The molecule has 7 nitrogen and oxygen atoms in total. The molecule has 2 aromatic rings. The van der Waals surface area contributed by atoms with Gasteiger partial charge in [0.2, 0.25) is 0 Å². The Kier molecular flexibility index (Phi) is 4.81. The lowest BCUT2D eigenvalue weighted by molar-refractivity contribution is -0.131. The lowest BCUT2D eigenvalue weighted by Gasteiger charge is -2.31. The van der Waals surface area contributed by atoms with Gasteiger partial charge in [-0.2, -0.15) is 0 Å². The summed E-state index contributed by atoms with van der Waals surface area (Å²) in [5, 5.41) is 1.58. The number of nitrogens with one attached hydrogen (secondary N) is 2. The molecule has 1 amide bonds. The number of carbonyl (C=O) groups excluding carboxylic acids is 1. The molecule has 4 rings (SSSR count). The first-order valence-corrected chi connectivity index (χ1v) is 9.32. The van der Waals surface area contributed by atoms with Crippen LogP contribution in [0.5, 0.6) is 0 Å². The molecule has 1 aromatic carbocycles. The van der Waals surface area contributed by atoms with Crippen molar-refractivity contribution in [3.05, 3.63) is 51.5 Å². The van der Waals surface area contributed by atoms with E-state index in [1.165, 1.54) is 6.07 Å². The van der Waals surface area contributed by atoms with Crippen molar-refractivity contribution in [2.24, 2.45) is 5.92 Å². The molecule has 9 heteroatoms. The smallest absolute Gasteiger partial charge is 0.294 e. The van der Waals surface area contributed by atoms with Gasteiger partial charge in [-0.1, -0.05) is 0 Å². The third-order valence-electron chi connectivity index (χ3n) is 4.22. The second kappa shape index (κ2) is 7.23. The monoisotopic (exact) mass is 469 g/mol. The first kappa shape index (κ1) is 17.3. The van der Waals surface area contributed by atoms with Crippen LogP contribution in [0.3, 0.4) is 0 Å². The number of aromatic nitrogens is 2. The Labute approximate surface area is 163 Å². The molecule has 0 unspecified atom stereocenters. The highest BCUT2D eigenvalue weighted by atomic mass is 127. The average molecular weight is 469 g/mol. The van der Waals surface area contributed by atoms with Gasteiger partial charge in [0.1, 0.15) is 11.5 Å². The zero-order chi connectivity index (χ0) is 18.1. The lowest BCUT2D eigenvalue weighted by Crippen LogP contribution is -2.40. The van der Waals surface area contributed by atoms with Gasteiger partial charge in [-0.05, 0) is 59.5 Å². The number of hydroxylamine groups is 1. The summed E-state index contributed by atoms with van der Waals surface area (Å²) in [6.45, 7) is 0.863. The Balaban J connectivity index is 1.53. The van der Waals surface area contributed by atoms with Gasteiger partial charge in [-0.15, -0.1) is 0 Å². The van der Waals surface area contributed by atoms with E-state index in [1.807, 2.05) is 22.6 Å². The Hall–Kier alpha value is -2.14. The van der Waals surface area contributed by atoms with Crippen molar-refractivity contribution in [1.29, 1.82) is 0 Å². The predicted octanol–water partition coefficient (Wildman–Crippen LogP) is 2.73. The SMILES string of the molecule is O=C(NOCC1CC1)C1=Cn2cncc2CN1Nc1ccc(I)cc1F. The molecule has 2 N–H and O–H groups in total. The number of anilines is 1. The maximum absolute atomic E-state index is 14.2. The number of halogens is 2. The molecular formula is C17H17FIN5O2. The number of benzene rings is 1. The molecule has 0 saturated heterocycles. The van der Waals surface area contributed by atoms with E-state index in [2.05, 4.69) is 15.9 Å². The van der Waals surface area contributed by atoms with Crippen LogP contribution in [-0.2, 0) is 16.2 Å². The highest BCUT2D eigenvalue weighted by Gasteiger charge is 2.26. The molecular weight excluding hydrogens is 452 g/mol. The molecule has 1 fully saturated rings. The van der Waals surface area contributed by atoms with Gasteiger partial charge >= 0.3 is 0 Å². The van der Waals surface area contributed by atoms with Crippen LogP contribution in [0.1, 0.15) is 18.5 Å². The number of imidazole rings is 1. The molecule has 1 saturated carbocycles. The largest absolute Gasteiger partial charge is 0.306 e. The van der Waals surface area contributed by atoms with Gasteiger partial charge in [0.25, 0.3) is 5.91 Å². The molecule has 2 heterocycles. The summed E-state index contributed by atoms with van der Waals surface area (Å²) in [5.41, 5.74) is 6.92. The second-order valence-corrected chi connectivity index (χ2v) is 7.56. The topological polar surface area (TPSA) is 71.4 Å². The standard InChI is InChI=1S/C17H17FIN5O2/c18-14-5-12(19)3-4-15(14)21-24-7-13-6-20-10-23(13)8-16(24)17(25)22-26-9-11-1-2-11/h3-6,8,10-11,21H,1-2,7,9H2,(H,22,25). The molecule has 2 aliphatic rings. The zero-order valence-electron chi connectivity index (χ0n) is 13.8. The minimum absolute atomic E-state index is 0.288. The van der Waals surface area contributed by atoms with E-state index in [9.17, 15) is 9.18 Å². The van der Waals surface area contributed by atoms with E-state index in [0.29, 0.717) is 24.8 Å². The fraction of sp³-hybridized carbons (Fsp3) is 0.294. The quantitative estimate of drug-likeness (QED) is 0.503. The first-order chi connectivity index (χ1) is 12.6. The lowest BCUT2D eigenvalue weighted by atomic mass is 10.3. The number of hydrogen-bond donors (Lipinski definition) is 2. The summed E-state index contributed by atoms with van der Waals surface area (Å²) in [5.74, 6) is -0.254. The van der Waals surface area contributed by atoms with Crippen LogP contribution >= 0.6 is 22.6 Å². The van der Waals surface area contributed by atoms with Crippen LogP contribution in [-0.4, -0.2) is 27.1 Å². The van der Waals surface area contributed by atoms with Gasteiger partial charge in [0.05, 0.1) is 37.1 Å². The van der Waals surface area contributed by atoms with Crippen LogP contribution in [0.4, 0.5) is 10.1 Å². The van der Waals surface area contributed by atoms with E-state index in [4.69, 9.17) is 4.84 Å². The Bertz CT molecular complexity index is 865. The van der Waals surface area contributed by atoms with Crippen molar-refractivity contribution in [3.63, 3.8) is 0 Å². The summed E-state index contributed by atoms with van der Waals surface area (Å²) >= 11 is 2.05. The minimum atomic E-state index is -0.400. The van der Waals surface area contributed by atoms with Crippen molar-refractivity contribution in [1.82, 2.24) is 20.0 Å². The zero-order valence-corrected chi connectivity index (χ0v) is 15.9. The Morgan fingerprint density at radius 3 is 3.04 bits per heavy atom. The van der Waals surface area contributed by atoms with Gasteiger partial charge in [0.15, 0.2) is 0 Å². The number of fused-ring (bicyclic) bond motifs is 1. The highest BCUT2D eigenvalue weighted by Crippen LogP contribution is 2.28. The van der Waals surface area contributed by atoms with Gasteiger partial charge < -0.3 is 4.57 Å². The number of amides is 1. The molecule has 0 bridgehead atoms. The third kappa shape index (κ3) is 3.83. The van der Waals surface area contributed by atoms with Crippen molar-refractivity contribution in [3.8, 4) is 0 Å². The van der Waals surface area contributed by atoms with Gasteiger partial charge in [-0.3, -0.25) is 20.1 Å². The highest BCUT2D eigenvalue weighted by molar-refractivity contribution is 14.1. The fourth-order valence-corrected chi connectivity index (χ4v) is 3.04. The molecule has 1 aromatic heterocycles. The van der Waals surface area contributed by atoms with Crippen LogP contribution in [0, 0.1) is 15.3 Å². The van der Waals surface area contributed by atoms with E-state index in [0.717, 1.165) is 22.1 Å². The average Bonchev–Trinajstić information content (AvgIpc) is 3.32. The van der Waals surface area contributed by atoms with Crippen LogP contribution in [0.25, 0.3) is 6.20 Å². The molecule has 0 radical (unpaired) electrons. The minimum Gasteiger partial charge on any atom is -0.306 e. The second-order valence-electron chi connectivity index (χ2n) is 6.31. The number of rotatable bonds is 6. The molecule has 0 spiro atoms. The van der Waals surface area contributed by atoms with E-state index >= 15 is 0 Å². The summed E-state index contributed by atoms with van der Waals surface area (Å²) < 4.78 is 16.8. The summed E-state index contributed by atoms with van der Waals surface area (Å²) in [4.78, 5) is 21.9. The molecule has 26 heavy (non-hydrogen) atoms. The van der Waals surface area contributed by atoms with E-state index < -0.39 is 5.91 Å². The maximum Gasteiger partial charge on any atom is 0.294 e. The Morgan fingerprint density at radius 1 is 1.42 bits per heavy atom. The summed E-state index contributed by atoms with van der Waals surface area (Å²) in [6, 6.07) is 4.86. The van der Waals surface area contributed by atoms with Crippen LogP contribution in [0.2, 0.25) is 0 Å². The first-order valence-electron chi connectivity index (χ1n) is 8.24. The van der Waals surface area contributed by atoms with Crippen molar-refractivity contribution >= 4 is 40.4 Å². The maximum atomic E-state index is 14.2. The summed E-state index contributed by atoms with van der Waals surface area (Å²) in [6.07, 6.45) is 7.23. The normalized spacial score (nSPS) is 16.1. The molecule has 136 valence electrons. The number of hydrogen-bond acceptors (Lipinski definition) is 5. The third-order valence-corrected chi connectivity index (χ3v) is 4.89. The number of nitrogens with zero attached hydrogens (tertiary/aromatic N) is 3. The van der Waals surface area contributed by atoms with Crippen molar-refractivity contribution in [2.45, 2.75) is 19.4 Å². The Morgan fingerprint density at radius 2 is 2.27 bits per heavy atom. The number of carbonyl (C=O) groups is 1. The number of hydrazine groups is 1. The predicted molar refractivity (Wildman–Crippen MR) is 102 cm³/mol. The van der Waals surface area contributed by atoms with Crippen molar-refractivity contribution in [2.75, 3.05) is 12.0 Å². The fourth-order valence-electron chi connectivity index (χ4n) is 2.59. The molecule has 0 atom stereocenters. The molecule has 1 aliphatic carbocycles. The van der Waals surface area contributed by atoms with E-state index in [-0.39, 0.29) is 11.5 Å². The summed E-state index contributed by atoms with van der Waals surface area (Å²) in [7, 11) is 0.